The van der Waals surface area contributed by atoms with Crippen molar-refractivity contribution in [2.75, 3.05) is 13.1 Å². The van der Waals surface area contributed by atoms with Crippen LogP contribution in [0, 0.1) is 0 Å². The zero-order valence-corrected chi connectivity index (χ0v) is 13.6. The summed E-state index contributed by atoms with van der Waals surface area (Å²) in [6, 6.07) is 8.44. The lowest BCUT2D eigenvalue weighted by Gasteiger charge is -2.32. The normalized spacial score (nSPS) is 18.5. The highest BCUT2D eigenvalue weighted by Gasteiger charge is 2.34. The van der Waals surface area contributed by atoms with Gasteiger partial charge in [-0.25, -0.2) is 9.59 Å². The van der Waals surface area contributed by atoms with Crippen LogP contribution in [0.25, 0.3) is 0 Å². The second-order valence-corrected chi connectivity index (χ2v) is 6.40. The van der Waals surface area contributed by atoms with Gasteiger partial charge < -0.3 is 14.4 Å². The Bertz CT molecular complexity index is 591. The van der Waals surface area contributed by atoms with Crippen molar-refractivity contribution in [1.29, 1.82) is 0 Å². The number of piperidine rings is 1. The number of amides is 1. The molecule has 2 rings (SSSR count). The van der Waals surface area contributed by atoms with Crippen molar-refractivity contribution in [3.63, 3.8) is 0 Å². The largest absolute Gasteiger partial charge is 0.449 e. The number of likely N-dealkylation sites (tertiary alicyclic amines) is 1. The second-order valence-electron chi connectivity index (χ2n) is 6.40. The molecule has 1 aliphatic heterocycles. The molecule has 1 saturated heterocycles. The quantitative estimate of drug-likeness (QED) is 0.783. The lowest BCUT2D eigenvalue weighted by Crippen LogP contribution is -2.50. The predicted molar refractivity (Wildman–Crippen MR) is 83.1 cm³/mol. The van der Waals surface area contributed by atoms with E-state index in [-0.39, 0.29) is 25.3 Å². The van der Waals surface area contributed by atoms with Crippen molar-refractivity contribution in [3.05, 3.63) is 35.9 Å². The second kappa shape index (κ2) is 6.81. The van der Waals surface area contributed by atoms with Crippen LogP contribution in [-0.4, -0.2) is 47.5 Å². The van der Waals surface area contributed by atoms with Crippen LogP contribution in [0.1, 0.15) is 37.6 Å². The molecule has 6 heteroatoms. The Labute approximate surface area is 135 Å². The molecular weight excluding hydrogens is 298 g/mol. The molecule has 124 valence electrons. The van der Waals surface area contributed by atoms with E-state index in [0.29, 0.717) is 5.56 Å². The molecule has 1 heterocycles. The number of Topliss-reactive ketones (excluding diaryl/α,β-unsaturated/α-hetero) is 1. The smallest absolute Gasteiger partial charge is 0.410 e. The van der Waals surface area contributed by atoms with Crippen LogP contribution < -0.4 is 0 Å². The van der Waals surface area contributed by atoms with Crippen molar-refractivity contribution in [2.45, 2.75) is 38.9 Å². The lowest BCUT2D eigenvalue weighted by atomic mass is 10.1. The molecule has 0 aliphatic carbocycles. The predicted octanol–water partition coefficient (Wildman–Crippen LogP) is 2.42. The number of ketones is 1. The maximum atomic E-state index is 12.1. The van der Waals surface area contributed by atoms with Crippen molar-refractivity contribution >= 4 is 17.8 Å². The van der Waals surface area contributed by atoms with Crippen molar-refractivity contribution in [2.24, 2.45) is 0 Å². The van der Waals surface area contributed by atoms with E-state index < -0.39 is 23.8 Å². The van der Waals surface area contributed by atoms with Gasteiger partial charge in [0.15, 0.2) is 11.9 Å². The van der Waals surface area contributed by atoms with Gasteiger partial charge in [-0.15, -0.1) is 0 Å². The van der Waals surface area contributed by atoms with E-state index in [0.717, 1.165) is 0 Å². The van der Waals surface area contributed by atoms with Crippen LogP contribution in [0.3, 0.4) is 0 Å². The molecule has 0 radical (unpaired) electrons. The third-order valence-electron chi connectivity index (χ3n) is 3.28. The van der Waals surface area contributed by atoms with Crippen LogP contribution in [0.2, 0.25) is 0 Å². The molecule has 1 amide bonds. The fourth-order valence-corrected chi connectivity index (χ4v) is 2.17. The summed E-state index contributed by atoms with van der Waals surface area (Å²) in [6.45, 7) is 5.60. The molecule has 0 N–H and O–H groups in total. The number of carbonyl (C=O) groups excluding carboxylic acids is 3. The van der Waals surface area contributed by atoms with Gasteiger partial charge in [-0.3, -0.25) is 4.79 Å². The maximum Gasteiger partial charge on any atom is 0.410 e. The zero-order valence-electron chi connectivity index (χ0n) is 13.6. The highest BCUT2D eigenvalue weighted by atomic mass is 16.6. The van der Waals surface area contributed by atoms with Gasteiger partial charge in [0.1, 0.15) is 5.60 Å². The van der Waals surface area contributed by atoms with Gasteiger partial charge in [-0.2, -0.15) is 0 Å². The summed E-state index contributed by atoms with van der Waals surface area (Å²) in [6.07, 6.45) is -1.32. The van der Waals surface area contributed by atoms with E-state index in [1.807, 2.05) is 0 Å². The van der Waals surface area contributed by atoms with Crippen molar-refractivity contribution < 1.29 is 23.9 Å². The van der Waals surface area contributed by atoms with Gasteiger partial charge in [0.2, 0.25) is 0 Å². The summed E-state index contributed by atoms with van der Waals surface area (Å²) in [5.74, 6) is -0.760. The molecule has 0 spiro atoms. The molecule has 1 fully saturated rings. The first-order valence-corrected chi connectivity index (χ1v) is 7.53. The minimum atomic E-state index is -0.955. The Hall–Kier alpha value is -2.37. The Morgan fingerprint density at radius 3 is 2.43 bits per heavy atom. The van der Waals surface area contributed by atoms with E-state index in [1.165, 1.54) is 4.90 Å². The van der Waals surface area contributed by atoms with Crippen LogP contribution in [0.5, 0.6) is 0 Å². The zero-order chi connectivity index (χ0) is 17.0. The average Bonchev–Trinajstić information content (AvgIpc) is 2.48. The van der Waals surface area contributed by atoms with Gasteiger partial charge >= 0.3 is 12.1 Å². The van der Waals surface area contributed by atoms with Crippen LogP contribution in [0.15, 0.2) is 30.3 Å². The van der Waals surface area contributed by atoms with Gasteiger partial charge in [-0.05, 0) is 32.9 Å². The number of rotatable bonds is 2. The highest BCUT2D eigenvalue weighted by molar-refractivity contribution is 5.93. The Balaban J connectivity index is 2.00. The summed E-state index contributed by atoms with van der Waals surface area (Å²) in [7, 11) is 0. The molecule has 23 heavy (non-hydrogen) atoms. The molecule has 1 aliphatic rings. The summed E-state index contributed by atoms with van der Waals surface area (Å²) in [5.41, 5.74) is -0.246. The highest BCUT2D eigenvalue weighted by Crippen LogP contribution is 2.16. The Morgan fingerprint density at radius 1 is 1.17 bits per heavy atom. The minimum absolute atomic E-state index is 0.0202. The monoisotopic (exact) mass is 319 g/mol. The van der Waals surface area contributed by atoms with Gasteiger partial charge in [0.05, 0.1) is 12.1 Å². The third-order valence-corrected chi connectivity index (χ3v) is 3.28. The van der Waals surface area contributed by atoms with Gasteiger partial charge in [0, 0.05) is 13.0 Å². The summed E-state index contributed by atoms with van der Waals surface area (Å²) >= 11 is 0. The number of carbonyl (C=O) groups is 3. The first-order valence-electron chi connectivity index (χ1n) is 7.53. The molecule has 0 aromatic heterocycles. The Morgan fingerprint density at radius 2 is 1.83 bits per heavy atom. The van der Waals surface area contributed by atoms with Crippen LogP contribution in [0.4, 0.5) is 4.79 Å². The number of hydrogen-bond acceptors (Lipinski definition) is 5. The van der Waals surface area contributed by atoms with E-state index in [2.05, 4.69) is 0 Å². The first-order chi connectivity index (χ1) is 10.8. The third kappa shape index (κ3) is 4.81. The van der Waals surface area contributed by atoms with Gasteiger partial charge in [-0.1, -0.05) is 18.2 Å². The Kier molecular flexibility index (Phi) is 5.03. The fraction of sp³-hybridized carbons (Fsp3) is 0.471. The van der Waals surface area contributed by atoms with E-state index in [4.69, 9.17) is 9.47 Å². The maximum absolute atomic E-state index is 12.1. The SMILES string of the molecule is CC(C)(C)OC(=O)N1CCC(=O)C(OC(=O)c2ccccc2)C1. The topological polar surface area (TPSA) is 72.9 Å². The summed E-state index contributed by atoms with van der Waals surface area (Å²) < 4.78 is 10.5. The minimum Gasteiger partial charge on any atom is -0.449 e. The average molecular weight is 319 g/mol. The van der Waals surface area contributed by atoms with E-state index in [9.17, 15) is 14.4 Å². The molecule has 1 aromatic rings. The van der Waals surface area contributed by atoms with E-state index >= 15 is 0 Å². The lowest BCUT2D eigenvalue weighted by molar-refractivity contribution is -0.131. The summed E-state index contributed by atoms with van der Waals surface area (Å²) in [5, 5.41) is 0. The van der Waals surface area contributed by atoms with Gasteiger partial charge in [0.25, 0.3) is 0 Å². The molecule has 0 bridgehead atoms. The number of hydrogen-bond donors (Lipinski definition) is 0. The standard InChI is InChI=1S/C17H21NO5/c1-17(2,3)23-16(21)18-10-9-13(19)14(11-18)22-15(20)12-7-5-4-6-8-12/h4-8,14H,9-11H2,1-3H3. The molecule has 1 atom stereocenters. The van der Waals surface area contributed by atoms with Crippen LogP contribution in [-0.2, 0) is 14.3 Å². The molecular formula is C17H21NO5. The summed E-state index contributed by atoms with van der Waals surface area (Å²) in [4.78, 5) is 37.5. The number of nitrogens with zero attached hydrogens (tertiary/aromatic N) is 1. The fourth-order valence-electron chi connectivity index (χ4n) is 2.17. The molecule has 6 nitrogen and oxygen atoms in total. The van der Waals surface area contributed by atoms with Crippen molar-refractivity contribution in [1.82, 2.24) is 4.90 Å². The van der Waals surface area contributed by atoms with E-state index in [1.54, 1.807) is 51.1 Å². The first kappa shape index (κ1) is 17.0. The molecule has 1 unspecified atom stereocenters. The number of ether oxygens (including phenoxy) is 2. The van der Waals surface area contributed by atoms with Crippen molar-refractivity contribution in [3.8, 4) is 0 Å². The molecule has 0 saturated carbocycles. The number of esters is 1. The molecule has 1 aromatic carbocycles. The number of benzene rings is 1. The van der Waals surface area contributed by atoms with Crippen LogP contribution >= 0.6 is 0 Å².